The van der Waals surface area contributed by atoms with Crippen molar-refractivity contribution in [3.8, 4) is 0 Å². The van der Waals surface area contributed by atoms with Crippen molar-refractivity contribution >= 4 is 9.84 Å². The van der Waals surface area contributed by atoms with Crippen LogP contribution in [0.25, 0.3) is 0 Å². The quantitative estimate of drug-likeness (QED) is 0.579. The van der Waals surface area contributed by atoms with Crippen LogP contribution in [0.1, 0.15) is 13.3 Å². The number of nitrogens with zero attached hydrogens (tertiary/aromatic N) is 1. The van der Waals surface area contributed by atoms with Crippen LogP contribution in [0.2, 0.25) is 0 Å². The van der Waals surface area contributed by atoms with Crippen molar-refractivity contribution in [2.24, 2.45) is 5.73 Å². The summed E-state index contributed by atoms with van der Waals surface area (Å²) in [6.07, 6.45) is 0.678. The van der Waals surface area contributed by atoms with Crippen molar-refractivity contribution in [2.45, 2.75) is 13.3 Å². The Balaban J connectivity index is 3.99. The van der Waals surface area contributed by atoms with E-state index < -0.39 is 9.84 Å². The highest BCUT2D eigenvalue weighted by molar-refractivity contribution is 7.91. The fraction of sp³-hybridized carbons (Fsp3) is 1.00. The summed E-state index contributed by atoms with van der Waals surface area (Å²) in [6.45, 7) is 5.01. The second-order valence-electron chi connectivity index (χ2n) is 3.77. The van der Waals surface area contributed by atoms with E-state index in [1.54, 1.807) is 7.11 Å². The lowest BCUT2D eigenvalue weighted by Crippen LogP contribution is -2.36. The number of methoxy groups -OCH3 is 1. The van der Waals surface area contributed by atoms with Crippen LogP contribution in [0, 0.1) is 0 Å². The van der Waals surface area contributed by atoms with Gasteiger partial charge in [-0.3, -0.25) is 4.90 Å². The minimum Gasteiger partial charge on any atom is -0.383 e. The SMILES string of the molecule is CCCS(=O)(=O)CCN(CCN)CCOC. The standard InChI is InChI=1S/C10H24N2O3S/c1-3-9-16(13,14)10-7-12(5-4-11)6-8-15-2/h3-11H2,1-2H3. The van der Waals surface area contributed by atoms with Gasteiger partial charge in [0.1, 0.15) is 0 Å². The first-order valence-corrected chi connectivity index (χ1v) is 7.49. The molecule has 0 amide bonds. The molecule has 0 aliphatic rings. The predicted molar refractivity (Wildman–Crippen MR) is 66.3 cm³/mol. The Labute approximate surface area is 98.9 Å². The Kier molecular flexibility index (Phi) is 8.83. The largest absolute Gasteiger partial charge is 0.383 e. The number of ether oxygens (including phenoxy) is 1. The molecule has 0 rings (SSSR count). The Morgan fingerprint density at radius 2 is 1.88 bits per heavy atom. The van der Waals surface area contributed by atoms with Gasteiger partial charge in [0.15, 0.2) is 9.84 Å². The van der Waals surface area contributed by atoms with E-state index in [0.29, 0.717) is 32.7 Å². The molecular weight excluding hydrogens is 228 g/mol. The molecule has 0 radical (unpaired) electrons. The maximum absolute atomic E-state index is 11.5. The van der Waals surface area contributed by atoms with Gasteiger partial charge in [-0.25, -0.2) is 8.42 Å². The second kappa shape index (κ2) is 8.92. The lowest BCUT2D eigenvalue weighted by molar-refractivity contribution is 0.153. The van der Waals surface area contributed by atoms with Gasteiger partial charge in [0.05, 0.1) is 12.4 Å². The van der Waals surface area contributed by atoms with E-state index in [9.17, 15) is 8.42 Å². The molecule has 98 valence electrons. The van der Waals surface area contributed by atoms with E-state index in [4.69, 9.17) is 10.5 Å². The van der Waals surface area contributed by atoms with Crippen LogP contribution in [0.15, 0.2) is 0 Å². The van der Waals surface area contributed by atoms with Crippen molar-refractivity contribution in [3.05, 3.63) is 0 Å². The zero-order chi connectivity index (χ0) is 12.4. The summed E-state index contributed by atoms with van der Waals surface area (Å²) in [7, 11) is -1.26. The molecule has 0 aliphatic heterocycles. The predicted octanol–water partition coefficient (Wildman–Crippen LogP) is -0.282. The Morgan fingerprint density at radius 1 is 1.19 bits per heavy atom. The maximum atomic E-state index is 11.5. The van der Waals surface area contributed by atoms with E-state index in [1.807, 2.05) is 11.8 Å². The van der Waals surface area contributed by atoms with E-state index in [0.717, 1.165) is 6.54 Å². The van der Waals surface area contributed by atoms with Crippen LogP contribution < -0.4 is 5.73 Å². The van der Waals surface area contributed by atoms with Crippen LogP contribution in [0.3, 0.4) is 0 Å². The van der Waals surface area contributed by atoms with Gasteiger partial charge in [0.2, 0.25) is 0 Å². The van der Waals surface area contributed by atoms with Crippen molar-refractivity contribution in [3.63, 3.8) is 0 Å². The lowest BCUT2D eigenvalue weighted by Gasteiger charge is -2.20. The van der Waals surface area contributed by atoms with Gasteiger partial charge < -0.3 is 10.5 Å². The summed E-state index contributed by atoms with van der Waals surface area (Å²) in [5.41, 5.74) is 5.47. The monoisotopic (exact) mass is 252 g/mol. The highest BCUT2D eigenvalue weighted by Crippen LogP contribution is 1.96. The summed E-state index contributed by atoms with van der Waals surface area (Å²) in [4.78, 5) is 2.02. The molecule has 0 aliphatic carbocycles. The Bertz CT molecular complexity index is 255. The van der Waals surface area contributed by atoms with E-state index in [1.165, 1.54) is 0 Å². The third kappa shape index (κ3) is 8.04. The fourth-order valence-electron chi connectivity index (χ4n) is 1.42. The van der Waals surface area contributed by atoms with Crippen LogP contribution >= 0.6 is 0 Å². The maximum Gasteiger partial charge on any atom is 0.151 e. The lowest BCUT2D eigenvalue weighted by atomic mass is 10.4. The molecule has 16 heavy (non-hydrogen) atoms. The van der Waals surface area contributed by atoms with Crippen LogP contribution in [-0.4, -0.2) is 64.7 Å². The van der Waals surface area contributed by atoms with E-state index in [-0.39, 0.29) is 11.5 Å². The van der Waals surface area contributed by atoms with Gasteiger partial charge in [0.25, 0.3) is 0 Å². The molecule has 0 saturated heterocycles. The summed E-state index contributed by atoms with van der Waals surface area (Å²) >= 11 is 0. The summed E-state index contributed by atoms with van der Waals surface area (Å²) in [5.74, 6) is 0.484. The molecule has 2 N–H and O–H groups in total. The Morgan fingerprint density at radius 3 is 2.38 bits per heavy atom. The minimum absolute atomic E-state index is 0.213. The summed E-state index contributed by atoms with van der Waals surface area (Å²) in [5, 5.41) is 0. The van der Waals surface area contributed by atoms with Gasteiger partial charge in [-0.15, -0.1) is 0 Å². The average molecular weight is 252 g/mol. The molecule has 0 spiro atoms. The molecule has 0 atom stereocenters. The molecule has 0 aromatic rings. The van der Waals surface area contributed by atoms with Crippen LogP contribution in [-0.2, 0) is 14.6 Å². The zero-order valence-corrected chi connectivity index (χ0v) is 11.1. The van der Waals surface area contributed by atoms with Crippen molar-refractivity contribution in [1.29, 1.82) is 0 Å². The van der Waals surface area contributed by atoms with Gasteiger partial charge in [-0.1, -0.05) is 6.92 Å². The third-order valence-electron chi connectivity index (χ3n) is 2.29. The molecule has 0 unspecified atom stereocenters. The second-order valence-corrected chi connectivity index (χ2v) is 6.08. The average Bonchev–Trinajstić information content (AvgIpc) is 2.22. The first-order valence-electron chi connectivity index (χ1n) is 5.67. The normalized spacial score (nSPS) is 12.2. The highest BCUT2D eigenvalue weighted by atomic mass is 32.2. The molecule has 0 bridgehead atoms. The first kappa shape index (κ1) is 15.8. The number of hydrogen-bond donors (Lipinski definition) is 1. The number of hydrogen-bond acceptors (Lipinski definition) is 5. The molecule has 0 aromatic carbocycles. The molecule has 0 fully saturated rings. The van der Waals surface area contributed by atoms with Crippen LogP contribution in [0.5, 0.6) is 0 Å². The van der Waals surface area contributed by atoms with Crippen molar-refractivity contribution < 1.29 is 13.2 Å². The van der Waals surface area contributed by atoms with E-state index >= 15 is 0 Å². The molecule has 0 heterocycles. The Hall–Kier alpha value is -0.170. The first-order chi connectivity index (χ1) is 7.55. The summed E-state index contributed by atoms with van der Waals surface area (Å²) in [6, 6.07) is 0. The number of nitrogens with two attached hydrogens (primary N) is 1. The smallest absolute Gasteiger partial charge is 0.151 e. The molecule has 5 nitrogen and oxygen atoms in total. The molecule has 0 saturated carbocycles. The van der Waals surface area contributed by atoms with Gasteiger partial charge in [0, 0.05) is 39.0 Å². The van der Waals surface area contributed by atoms with Crippen LogP contribution in [0.4, 0.5) is 0 Å². The number of rotatable bonds is 10. The number of sulfone groups is 1. The zero-order valence-electron chi connectivity index (χ0n) is 10.3. The summed E-state index contributed by atoms with van der Waals surface area (Å²) < 4.78 is 28.0. The third-order valence-corrected chi connectivity index (χ3v) is 4.13. The fourth-order valence-corrected chi connectivity index (χ4v) is 2.78. The molecule has 0 aromatic heterocycles. The molecule has 6 heteroatoms. The minimum atomic E-state index is -2.89. The van der Waals surface area contributed by atoms with E-state index in [2.05, 4.69) is 0 Å². The molecular formula is C10H24N2O3S. The van der Waals surface area contributed by atoms with Crippen molar-refractivity contribution in [1.82, 2.24) is 4.90 Å². The highest BCUT2D eigenvalue weighted by Gasteiger charge is 2.12. The topological polar surface area (TPSA) is 72.6 Å². The van der Waals surface area contributed by atoms with Gasteiger partial charge >= 0.3 is 0 Å². The van der Waals surface area contributed by atoms with Crippen molar-refractivity contribution in [2.75, 3.05) is 51.4 Å². The van der Waals surface area contributed by atoms with Gasteiger partial charge in [-0.2, -0.15) is 0 Å². The van der Waals surface area contributed by atoms with Gasteiger partial charge in [-0.05, 0) is 6.42 Å².